The molecule has 4 nitrogen and oxygen atoms in total. The fourth-order valence-electron chi connectivity index (χ4n) is 0. The van der Waals surface area contributed by atoms with Crippen molar-refractivity contribution in [3.8, 4) is 0 Å². The zero-order valence-corrected chi connectivity index (χ0v) is 10.2. The van der Waals surface area contributed by atoms with Crippen LogP contribution < -0.4 is 0 Å². The van der Waals surface area contributed by atoms with Gasteiger partial charge in [0.25, 0.3) is 0 Å². The second-order valence-corrected chi connectivity index (χ2v) is 1.22. The Kier molecular flexibility index (Phi) is 14.1. The molecule has 0 aromatic rings. The second kappa shape index (κ2) is 6.18. The van der Waals surface area contributed by atoms with E-state index in [1.807, 2.05) is 0 Å². The van der Waals surface area contributed by atoms with E-state index in [0.29, 0.717) is 0 Å². The van der Waals surface area contributed by atoms with Crippen LogP contribution in [0.5, 0.6) is 0 Å². The van der Waals surface area contributed by atoms with Crippen LogP contribution in [0.15, 0.2) is 0 Å². The van der Waals surface area contributed by atoms with E-state index >= 15 is 0 Å². The molecule has 0 aliphatic carbocycles. The van der Waals surface area contributed by atoms with Crippen LogP contribution >= 0.6 is 0 Å². The average Bonchev–Trinajstić information content (AvgIpc) is 0.722. The molecular weight excluding hydrogens is 343 g/mol. The van der Waals surface area contributed by atoms with Gasteiger partial charge in [0.15, 0.2) is 0 Å². The van der Waals surface area contributed by atoms with Gasteiger partial charge >= 0.3 is 37.7 Å². The molecule has 0 saturated heterocycles. The molecule has 36 valence electrons. The third kappa shape index (κ3) is 70.0. The van der Waals surface area contributed by atoms with E-state index in [9.17, 15) is 0 Å². The van der Waals surface area contributed by atoms with Crippen molar-refractivity contribution in [2.75, 3.05) is 0 Å². The van der Waals surface area contributed by atoms with Gasteiger partial charge in [-0.3, -0.25) is 8.42 Å². The summed E-state index contributed by atoms with van der Waals surface area (Å²) in [7, 11) is -5.17. The van der Waals surface area contributed by atoms with E-state index in [4.69, 9.17) is 17.5 Å². The molecule has 0 bridgehead atoms. The Bertz CT molecular complexity index is 94.9. The minimum atomic E-state index is -5.17. The number of rotatable bonds is 0. The third-order valence-electron chi connectivity index (χ3n) is 0. The summed E-state index contributed by atoms with van der Waals surface area (Å²) >= 11 is 0. The first-order valence-corrected chi connectivity index (χ1v) is 2.00. The Morgan fingerprint density at radius 2 is 1.14 bits per heavy atom. The molecule has 4 radical (unpaired) electrons. The maximum atomic E-state index is 8.52. The van der Waals surface area contributed by atoms with Gasteiger partial charge in [-0.15, -0.1) is 0 Å². The maximum Gasteiger partial charge on any atom is 2.00 e. The summed E-state index contributed by atoms with van der Waals surface area (Å²) in [5.74, 6) is 0. The summed E-state index contributed by atoms with van der Waals surface area (Å²) in [6.45, 7) is 0. The Balaban J connectivity index is -0.0000000800. The van der Waals surface area contributed by atoms with Gasteiger partial charge in [0.05, 0.1) is 0 Å². The summed E-state index contributed by atoms with van der Waals surface area (Å²) in [6, 6.07) is 0. The van der Waals surface area contributed by atoms with Gasteiger partial charge in [0.1, 0.15) is 0 Å². The van der Waals surface area contributed by atoms with Crippen LogP contribution in [0.4, 0.5) is 0 Å². The molecule has 0 amide bonds. The molecule has 0 N–H and O–H groups in total. The Morgan fingerprint density at radius 1 is 1.14 bits per heavy atom. The summed E-state index contributed by atoms with van der Waals surface area (Å²) in [6.07, 6.45) is 0. The van der Waals surface area contributed by atoms with Crippen LogP contribution in [0.25, 0.3) is 0 Å². The van der Waals surface area contributed by atoms with E-state index in [1.54, 1.807) is 0 Å². The van der Waals surface area contributed by atoms with Gasteiger partial charge in [-0.25, -0.2) is 0 Å². The van der Waals surface area contributed by atoms with Gasteiger partial charge < -0.3 is 9.11 Å². The average molecular weight is 343 g/mol. The van der Waals surface area contributed by atoms with E-state index < -0.39 is 10.4 Å². The molecule has 0 saturated carbocycles. The second-order valence-electron chi connectivity index (χ2n) is 0.408. The topological polar surface area (TPSA) is 80.3 Å². The van der Waals surface area contributed by atoms with Crippen LogP contribution in [0.2, 0.25) is 0 Å². The minimum absolute atomic E-state index is 0. The standard InChI is InChI=1S/Ca.H2O4S.Pb/c;1-5(2,3)4;/h;(H2,1,2,3,4);/q+2;;/p-2. The van der Waals surface area contributed by atoms with Crippen molar-refractivity contribution in [3.05, 3.63) is 0 Å². The van der Waals surface area contributed by atoms with Crippen LogP contribution in [-0.4, -0.2) is 82.6 Å². The fraction of sp³-hybridized carbons (Fsp3) is 0. The molecule has 0 aliphatic heterocycles. The van der Waals surface area contributed by atoms with Gasteiger partial charge in [-0.1, -0.05) is 0 Å². The van der Waals surface area contributed by atoms with Crippen molar-refractivity contribution in [1.29, 1.82) is 0 Å². The van der Waals surface area contributed by atoms with Gasteiger partial charge in [0, 0.05) is 37.7 Å². The Morgan fingerprint density at radius 3 is 1.14 bits per heavy atom. The normalized spacial score (nSPS) is 8.29. The third-order valence-corrected chi connectivity index (χ3v) is 0. The molecule has 0 aromatic carbocycles. The van der Waals surface area contributed by atoms with E-state index in [0.717, 1.165) is 0 Å². The van der Waals surface area contributed by atoms with Crippen molar-refractivity contribution in [2.24, 2.45) is 0 Å². The van der Waals surface area contributed by atoms with Crippen LogP contribution in [0, 0.1) is 0 Å². The molecule has 7 heavy (non-hydrogen) atoms. The quantitative estimate of drug-likeness (QED) is 0.287. The van der Waals surface area contributed by atoms with Gasteiger partial charge in [-0.05, 0) is 0 Å². The number of hydrogen-bond acceptors (Lipinski definition) is 4. The summed E-state index contributed by atoms with van der Waals surface area (Å²) in [4.78, 5) is 0. The molecule has 0 aromatic heterocycles. The van der Waals surface area contributed by atoms with Crippen LogP contribution in [0.1, 0.15) is 0 Å². The monoisotopic (exact) mass is 344 g/mol. The zero-order chi connectivity index (χ0) is 4.50. The fourth-order valence-corrected chi connectivity index (χ4v) is 0. The van der Waals surface area contributed by atoms with Crippen molar-refractivity contribution in [1.82, 2.24) is 0 Å². The van der Waals surface area contributed by atoms with Crippen molar-refractivity contribution in [3.63, 3.8) is 0 Å². The molecular formula is CaO4PbS. The van der Waals surface area contributed by atoms with Crippen molar-refractivity contribution in [2.45, 2.75) is 0 Å². The van der Waals surface area contributed by atoms with E-state index in [2.05, 4.69) is 0 Å². The molecule has 0 spiro atoms. The molecule has 0 rings (SSSR count). The zero-order valence-electron chi connectivity index (χ0n) is 3.25. The predicted molar refractivity (Wildman–Crippen MR) is 22.0 cm³/mol. The molecule has 0 aliphatic rings. The Hall–Kier alpha value is 2.05. The SMILES string of the molecule is O=S(=O)([O-])[O-].[Ca+2].[Pb]. The first-order chi connectivity index (χ1) is 2.00. The van der Waals surface area contributed by atoms with Crippen LogP contribution in [-0.2, 0) is 10.4 Å². The van der Waals surface area contributed by atoms with Crippen molar-refractivity contribution < 1.29 is 17.5 Å². The molecule has 7 heteroatoms. The predicted octanol–water partition coefficient (Wildman–Crippen LogP) is -2.10. The van der Waals surface area contributed by atoms with E-state index in [1.165, 1.54) is 0 Å². The Labute approximate surface area is 91.4 Å². The first-order valence-electron chi connectivity index (χ1n) is 0.667. The molecule has 0 heterocycles. The smallest absolute Gasteiger partial charge is 0.759 e. The van der Waals surface area contributed by atoms with Crippen molar-refractivity contribution >= 4 is 75.4 Å². The van der Waals surface area contributed by atoms with Gasteiger partial charge in [-0.2, -0.15) is 0 Å². The molecule has 0 fully saturated rings. The summed E-state index contributed by atoms with van der Waals surface area (Å²) < 4.78 is 34.1. The first kappa shape index (κ1) is 16.0. The largest absolute Gasteiger partial charge is 2.00 e. The number of hydrogen-bond donors (Lipinski definition) is 0. The van der Waals surface area contributed by atoms with E-state index in [-0.39, 0.29) is 65.0 Å². The maximum absolute atomic E-state index is 8.52. The molecule has 0 atom stereocenters. The van der Waals surface area contributed by atoms with Crippen LogP contribution in [0.3, 0.4) is 0 Å². The van der Waals surface area contributed by atoms with Gasteiger partial charge in [0.2, 0.25) is 0 Å². The summed E-state index contributed by atoms with van der Waals surface area (Å²) in [5.41, 5.74) is 0. The molecule has 0 unspecified atom stereocenters. The minimum Gasteiger partial charge on any atom is -0.759 e. The summed E-state index contributed by atoms with van der Waals surface area (Å²) in [5, 5.41) is 0.